The molecule has 29 heavy (non-hydrogen) atoms. The second-order valence-corrected chi connectivity index (χ2v) is 7.79. The summed E-state index contributed by atoms with van der Waals surface area (Å²) in [6, 6.07) is 14.4. The topological polar surface area (TPSA) is 55.8 Å². The molecule has 0 heterocycles. The van der Waals surface area contributed by atoms with Crippen molar-refractivity contribution in [1.82, 2.24) is 0 Å². The van der Waals surface area contributed by atoms with Gasteiger partial charge >= 0.3 is 5.97 Å². The summed E-state index contributed by atoms with van der Waals surface area (Å²) in [5, 5.41) is 9.46. The quantitative estimate of drug-likeness (QED) is 0.378. The van der Waals surface area contributed by atoms with Crippen LogP contribution in [0, 0.1) is 5.92 Å². The predicted octanol–water partition coefficient (Wildman–Crippen LogP) is 5.25. The third kappa shape index (κ3) is 5.70. The van der Waals surface area contributed by atoms with Crippen LogP contribution < -0.4 is 4.74 Å². The minimum absolute atomic E-state index is 0.0544. The first-order chi connectivity index (χ1) is 14.1. The highest BCUT2D eigenvalue weighted by Gasteiger charge is 2.19. The zero-order valence-electron chi connectivity index (χ0n) is 17.1. The van der Waals surface area contributed by atoms with Gasteiger partial charge in [-0.3, -0.25) is 0 Å². The van der Waals surface area contributed by atoms with Crippen LogP contribution in [0.25, 0.3) is 11.1 Å². The molecule has 0 amide bonds. The largest absolute Gasteiger partial charge is 0.489 e. The van der Waals surface area contributed by atoms with E-state index in [1.807, 2.05) is 18.2 Å². The van der Waals surface area contributed by atoms with Gasteiger partial charge in [0.1, 0.15) is 19.0 Å². The number of hydrogen-bond acceptors (Lipinski definition) is 4. The van der Waals surface area contributed by atoms with Gasteiger partial charge in [-0.1, -0.05) is 62.7 Å². The van der Waals surface area contributed by atoms with Crippen molar-refractivity contribution in [1.29, 1.82) is 0 Å². The van der Waals surface area contributed by atoms with Gasteiger partial charge in [-0.25, -0.2) is 4.79 Å². The molecule has 3 rings (SSSR count). The van der Waals surface area contributed by atoms with Crippen LogP contribution in [0.5, 0.6) is 5.75 Å². The van der Waals surface area contributed by atoms with E-state index >= 15 is 0 Å². The Morgan fingerprint density at radius 3 is 2.48 bits per heavy atom. The SMILES string of the molecule is C=CC(=O)OCCOc1cc(CO)ccc1-c1ccc(C2CCC(C)CC2)cc1. The maximum atomic E-state index is 11.2. The Morgan fingerprint density at radius 2 is 1.83 bits per heavy atom. The number of benzene rings is 2. The highest BCUT2D eigenvalue weighted by molar-refractivity contribution is 5.81. The van der Waals surface area contributed by atoms with Crippen molar-refractivity contribution in [2.24, 2.45) is 5.92 Å². The van der Waals surface area contributed by atoms with Gasteiger partial charge in [0, 0.05) is 11.6 Å². The van der Waals surface area contributed by atoms with Crippen molar-refractivity contribution in [2.45, 2.75) is 45.1 Å². The molecule has 0 spiro atoms. The summed E-state index contributed by atoms with van der Waals surface area (Å²) < 4.78 is 10.8. The van der Waals surface area contributed by atoms with Crippen LogP contribution in [0.4, 0.5) is 0 Å². The lowest BCUT2D eigenvalue weighted by atomic mass is 9.79. The Labute approximate surface area is 173 Å². The molecule has 1 aliphatic rings. The average molecular weight is 395 g/mol. The summed E-state index contributed by atoms with van der Waals surface area (Å²) >= 11 is 0. The third-order valence-electron chi connectivity index (χ3n) is 5.69. The first-order valence-electron chi connectivity index (χ1n) is 10.4. The maximum absolute atomic E-state index is 11.2. The summed E-state index contributed by atoms with van der Waals surface area (Å²) in [6.45, 7) is 6.04. The second-order valence-electron chi connectivity index (χ2n) is 7.79. The van der Waals surface area contributed by atoms with E-state index in [4.69, 9.17) is 9.47 Å². The van der Waals surface area contributed by atoms with E-state index in [9.17, 15) is 9.90 Å². The fourth-order valence-corrected chi connectivity index (χ4v) is 3.90. The minimum atomic E-state index is -0.467. The molecule has 2 aromatic rings. The highest BCUT2D eigenvalue weighted by atomic mass is 16.6. The van der Waals surface area contributed by atoms with E-state index in [0.717, 1.165) is 28.7 Å². The number of esters is 1. The van der Waals surface area contributed by atoms with Crippen molar-refractivity contribution >= 4 is 5.97 Å². The lowest BCUT2D eigenvalue weighted by Gasteiger charge is -2.26. The van der Waals surface area contributed by atoms with E-state index in [-0.39, 0.29) is 19.8 Å². The average Bonchev–Trinajstić information content (AvgIpc) is 2.77. The van der Waals surface area contributed by atoms with Crippen LogP contribution in [-0.2, 0) is 16.1 Å². The number of carbonyl (C=O) groups is 1. The van der Waals surface area contributed by atoms with Crippen molar-refractivity contribution in [2.75, 3.05) is 13.2 Å². The molecule has 2 aromatic carbocycles. The lowest BCUT2D eigenvalue weighted by Crippen LogP contribution is -2.11. The van der Waals surface area contributed by atoms with Crippen molar-refractivity contribution in [3.8, 4) is 16.9 Å². The zero-order chi connectivity index (χ0) is 20.6. The van der Waals surface area contributed by atoms with Crippen LogP contribution in [0.2, 0.25) is 0 Å². The summed E-state index contributed by atoms with van der Waals surface area (Å²) in [7, 11) is 0. The number of carbonyl (C=O) groups excluding carboxylic acids is 1. The van der Waals surface area contributed by atoms with E-state index in [1.165, 1.54) is 31.2 Å². The number of hydrogen-bond donors (Lipinski definition) is 1. The van der Waals surface area contributed by atoms with Gasteiger partial charge in [-0.15, -0.1) is 0 Å². The molecular formula is C25H30O4. The van der Waals surface area contributed by atoms with Gasteiger partial charge < -0.3 is 14.6 Å². The number of aliphatic hydroxyl groups is 1. The molecule has 4 nitrogen and oxygen atoms in total. The summed E-state index contributed by atoms with van der Waals surface area (Å²) in [5.74, 6) is 1.71. The summed E-state index contributed by atoms with van der Waals surface area (Å²) in [6.07, 6.45) is 6.28. The molecule has 0 aromatic heterocycles. The normalized spacial score (nSPS) is 18.8. The lowest BCUT2D eigenvalue weighted by molar-refractivity contribution is -0.138. The van der Waals surface area contributed by atoms with Gasteiger partial charge in [0.2, 0.25) is 0 Å². The Balaban J connectivity index is 1.73. The predicted molar refractivity (Wildman–Crippen MR) is 115 cm³/mol. The van der Waals surface area contributed by atoms with Crippen LogP contribution in [0.15, 0.2) is 55.1 Å². The van der Waals surface area contributed by atoms with Gasteiger partial charge in [-0.2, -0.15) is 0 Å². The molecule has 0 atom stereocenters. The van der Waals surface area contributed by atoms with Crippen molar-refractivity contribution in [3.05, 3.63) is 66.2 Å². The number of aliphatic hydroxyl groups excluding tert-OH is 1. The fourth-order valence-electron chi connectivity index (χ4n) is 3.90. The van der Waals surface area contributed by atoms with Crippen molar-refractivity contribution in [3.63, 3.8) is 0 Å². The number of rotatable bonds is 8. The molecule has 1 fully saturated rings. The molecule has 1 aliphatic carbocycles. The number of ether oxygens (including phenoxy) is 2. The third-order valence-corrected chi connectivity index (χ3v) is 5.69. The van der Waals surface area contributed by atoms with E-state index in [0.29, 0.717) is 11.7 Å². The van der Waals surface area contributed by atoms with Crippen LogP contribution in [-0.4, -0.2) is 24.3 Å². The van der Waals surface area contributed by atoms with Gasteiger partial charge in [0.25, 0.3) is 0 Å². The molecule has 0 bridgehead atoms. The molecular weight excluding hydrogens is 364 g/mol. The molecule has 0 aliphatic heterocycles. The Bertz CT molecular complexity index is 817. The smallest absolute Gasteiger partial charge is 0.330 e. The maximum Gasteiger partial charge on any atom is 0.330 e. The van der Waals surface area contributed by atoms with Gasteiger partial charge in [0.05, 0.1) is 6.61 Å². The minimum Gasteiger partial charge on any atom is -0.489 e. The highest BCUT2D eigenvalue weighted by Crippen LogP contribution is 2.37. The molecule has 1 saturated carbocycles. The Hall–Kier alpha value is -2.59. The van der Waals surface area contributed by atoms with Crippen LogP contribution >= 0.6 is 0 Å². The molecule has 0 unspecified atom stereocenters. The first kappa shape index (κ1) is 21.1. The molecule has 0 radical (unpaired) electrons. The zero-order valence-corrected chi connectivity index (χ0v) is 17.1. The molecule has 154 valence electrons. The van der Waals surface area contributed by atoms with E-state index < -0.39 is 5.97 Å². The molecule has 0 saturated heterocycles. The van der Waals surface area contributed by atoms with Crippen LogP contribution in [0.1, 0.15) is 49.7 Å². The second kappa shape index (κ2) is 10.3. The molecule has 1 N–H and O–H groups in total. The Kier molecular flexibility index (Phi) is 7.48. The fraction of sp³-hybridized carbons (Fsp3) is 0.400. The van der Waals surface area contributed by atoms with Crippen LogP contribution in [0.3, 0.4) is 0 Å². The van der Waals surface area contributed by atoms with E-state index in [2.05, 4.69) is 37.8 Å². The monoisotopic (exact) mass is 394 g/mol. The van der Waals surface area contributed by atoms with Gasteiger partial charge in [0.15, 0.2) is 0 Å². The molecule has 4 heteroatoms. The first-order valence-corrected chi connectivity index (χ1v) is 10.4. The Morgan fingerprint density at radius 1 is 1.10 bits per heavy atom. The van der Waals surface area contributed by atoms with Gasteiger partial charge in [-0.05, 0) is 47.4 Å². The summed E-state index contributed by atoms with van der Waals surface area (Å²) in [4.78, 5) is 11.2. The summed E-state index contributed by atoms with van der Waals surface area (Å²) in [5.41, 5.74) is 4.22. The van der Waals surface area contributed by atoms with Crippen molar-refractivity contribution < 1.29 is 19.4 Å². The van der Waals surface area contributed by atoms with E-state index in [1.54, 1.807) is 0 Å². The standard InChI is InChI=1S/C25H30O4/c1-3-25(27)29-15-14-28-24-16-19(17-26)6-13-23(24)22-11-9-21(10-12-22)20-7-4-18(2)5-8-20/h3,6,9-13,16,18,20,26H,1,4-5,7-8,14-15,17H2,2H3.